The van der Waals surface area contributed by atoms with Gasteiger partial charge in [-0.15, -0.1) is 11.3 Å². The Morgan fingerprint density at radius 2 is 1.67 bits per heavy atom. The highest BCUT2D eigenvalue weighted by molar-refractivity contribution is 7.10. The normalized spacial score (nSPS) is 11.8. The van der Waals surface area contributed by atoms with Gasteiger partial charge in [-0.05, 0) is 17.0 Å². The average molecular weight is 337 g/mol. The van der Waals surface area contributed by atoms with Crippen molar-refractivity contribution in [2.75, 3.05) is 6.54 Å². The monoisotopic (exact) mass is 337 g/mol. The summed E-state index contributed by atoms with van der Waals surface area (Å²) < 4.78 is 0. The maximum atomic E-state index is 12.2. The first-order valence-corrected chi connectivity index (χ1v) is 8.93. The quantitative estimate of drug-likeness (QED) is 0.684. The van der Waals surface area contributed by atoms with Crippen LogP contribution in [0.2, 0.25) is 0 Å². The molecule has 0 aliphatic carbocycles. The van der Waals surface area contributed by atoms with Gasteiger partial charge < -0.3 is 10.6 Å². The van der Waals surface area contributed by atoms with Gasteiger partial charge in [-0.25, -0.2) is 0 Å². The summed E-state index contributed by atoms with van der Waals surface area (Å²) >= 11 is 1.72. The van der Waals surface area contributed by atoms with Gasteiger partial charge in [0.25, 0.3) is 5.91 Å². The summed E-state index contributed by atoms with van der Waals surface area (Å²) in [7, 11) is 0. The SMILES string of the molecule is O=C(C[NH2+][C@H](c1ccccc1)c1cccs1)NCc1ccccc1. The summed E-state index contributed by atoms with van der Waals surface area (Å²) in [6, 6.07) is 24.6. The second-order valence-corrected chi connectivity index (χ2v) is 6.59. The van der Waals surface area contributed by atoms with Gasteiger partial charge in [-0.1, -0.05) is 66.7 Å². The number of rotatable bonds is 7. The zero-order valence-electron chi connectivity index (χ0n) is 13.4. The van der Waals surface area contributed by atoms with Crippen LogP contribution in [0.4, 0.5) is 0 Å². The van der Waals surface area contributed by atoms with Crippen molar-refractivity contribution in [2.45, 2.75) is 12.6 Å². The van der Waals surface area contributed by atoms with Crippen LogP contribution >= 0.6 is 11.3 Å². The Labute approximate surface area is 146 Å². The Hall–Kier alpha value is -2.43. The van der Waals surface area contributed by atoms with Gasteiger partial charge in [0.15, 0.2) is 6.54 Å². The smallest absolute Gasteiger partial charge is 0.275 e. The van der Waals surface area contributed by atoms with Gasteiger partial charge in [0, 0.05) is 12.1 Å². The van der Waals surface area contributed by atoms with Crippen LogP contribution in [0.15, 0.2) is 78.2 Å². The van der Waals surface area contributed by atoms with Crippen LogP contribution in [0.1, 0.15) is 22.0 Å². The molecule has 3 aromatic rings. The third-order valence-corrected chi connectivity index (χ3v) is 4.84. The first kappa shape index (κ1) is 16.4. The van der Waals surface area contributed by atoms with Gasteiger partial charge in [0.1, 0.15) is 6.04 Å². The van der Waals surface area contributed by atoms with E-state index in [1.807, 2.05) is 48.5 Å². The van der Waals surface area contributed by atoms with E-state index in [1.165, 1.54) is 10.4 Å². The van der Waals surface area contributed by atoms with Crippen LogP contribution in [-0.2, 0) is 11.3 Å². The second-order valence-electron chi connectivity index (χ2n) is 5.61. The lowest BCUT2D eigenvalue weighted by molar-refractivity contribution is -0.676. The molecule has 0 radical (unpaired) electrons. The Morgan fingerprint density at radius 1 is 0.958 bits per heavy atom. The zero-order chi connectivity index (χ0) is 16.6. The molecule has 0 fully saturated rings. The van der Waals surface area contributed by atoms with Crippen molar-refractivity contribution < 1.29 is 10.1 Å². The first-order chi connectivity index (χ1) is 11.8. The molecular formula is C20H21N2OS+. The van der Waals surface area contributed by atoms with E-state index in [9.17, 15) is 4.79 Å². The summed E-state index contributed by atoms with van der Waals surface area (Å²) in [4.78, 5) is 13.4. The summed E-state index contributed by atoms with van der Waals surface area (Å²) in [6.07, 6.45) is 0. The molecule has 3 nitrogen and oxygen atoms in total. The van der Waals surface area contributed by atoms with Crippen molar-refractivity contribution in [1.82, 2.24) is 5.32 Å². The van der Waals surface area contributed by atoms with Gasteiger partial charge in [-0.3, -0.25) is 4.79 Å². The minimum absolute atomic E-state index is 0.0522. The topological polar surface area (TPSA) is 45.7 Å². The highest BCUT2D eigenvalue weighted by atomic mass is 32.1. The van der Waals surface area contributed by atoms with Crippen LogP contribution in [0.25, 0.3) is 0 Å². The molecule has 122 valence electrons. The Bertz CT molecular complexity index is 742. The van der Waals surface area contributed by atoms with Crippen molar-refractivity contribution >= 4 is 17.2 Å². The summed E-state index contributed by atoms with van der Waals surface area (Å²) in [5.41, 5.74) is 2.33. The molecule has 1 heterocycles. The van der Waals surface area contributed by atoms with E-state index in [-0.39, 0.29) is 11.9 Å². The number of carbonyl (C=O) groups is 1. The Balaban J connectivity index is 1.59. The van der Waals surface area contributed by atoms with Gasteiger partial charge in [-0.2, -0.15) is 0 Å². The molecule has 3 N–H and O–H groups in total. The molecule has 0 saturated heterocycles. The molecule has 1 aromatic heterocycles. The minimum Gasteiger partial charge on any atom is -0.347 e. The fraction of sp³-hybridized carbons (Fsp3) is 0.150. The molecule has 1 amide bonds. The highest BCUT2D eigenvalue weighted by Gasteiger charge is 2.19. The van der Waals surface area contributed by atoms with E-state index < -0.39 is 0 Å². The third kappa shape index (κ3) is 4.54. The molecule has 1 atom stereocenters. The fourth-order valence-corrected chi connectivity index (χ4v) is 3.49. The number of quaternary nitrogens is 1. The van der Waals surface area contributed by atoms with E-state index in [4.69, 9.17) is 0 Å². The van der Waals surface area contributed by atoms with Crippen LogP contribution in [0, 0.1) is 0 Å². The maximum Gasteiger partial charge on any atom is 0.275 e. The molecule has 0 saturated carbocycles. The van der Waals surface area contributed by atoms with E-state index in [0.29, 0.717) is 13.1 Å². The Kier molecular flexibility index (Phi) is 5.77. The van der Waals surface area contributed by atoms with Crippen molar-refractivity contribution in [3.8, 4) is 0 Å². The molecular weight excluding hydrogens is 316 g/mol. The highest BCUT2D eigenvalue weighted by Crippen LogP contribution is 2.22. The van der Waals surface area contributed by atoms with E-state index >= 15 is 0 Å². The summed E-state index contributed by atoms with van der Waals surface area (Å²) in [5, 5.41) is 7.16. The van der Waals surface area contributed by atoms with Gasteiger partial charge in [0.2, 0.25) is 0 Å². The number of carbonyl (C=O) groups excluding carboxylic acids is 1. The molecule has 0 spiro atoms. The predicted octanol–water partition coefficient (Wildman–Crippen LogP) is 2.72. The Morgan fingerprint density at radius 3 is 2.33 bits per heavy atom. The van der Waals surface area contributed by atoms with Crippen molar-refractivity contribution in [3.63, 3.8) is 0 Å². The molecule has 24 heavy (non-hydrogen) atoms. The fourth-order valence-electron chi connectivity index (χ4n) is 2.64. The molecule has 0 aliphatic rings. The van der Waals surface area contributed by atoms with E-state index in [1.54, 1.807) is 11.3 Å². The average Bonchev–Trinajstić information content (AvgIpc) is 3.16. The zero-order valence-corrected chi connectivity index (χ0v) is 14.2. The van der Waals surface area contributed by atoms with Crippen molar-refractivity contribution in [3.05, 3.63) is 94.2 Å². The van der Waals surface area contributed by atoms with E-state index in [2.05, 4.69) is 40.3 Å². The number of amides is 1. The van der Waals surface area contributed by atoms with Crippen molar-refractivity contribution in [2.24, 2.45) is 0 Å². The maximum absolute atomic E-state index is 12.2. The lowest BCUT2D eigenvalue weighted by Gasteiger charge is -2.14. The molecule has 2 aromatic carbocycles. The molecule has 4 heteroatoms. The van der Waals surface area contributed by atoms with Gasteiger partial charge in [0.05, 0.1) is 4.88 Å². The number of benzene rings is 2. The number of nitrogens with two attached hydrogens (primary N) is 1. The first-order valence-electron chi connectivity index (χ1n) is 8.05. The molecule has 0 aliphatic heterocycles. The van der Waals surface area contributed by atoms with Crippen LogP contribution in [0.5, 0.6) is 0 Å². The van der Waals surface area contributed by atoms with Gasteiger partial charge >= 0.3 is 0 Å². The van der Waals surface area contributed by atoms with Crippen LogP contribution in [0.3, 0.4) is 0 Å². The third-order valence-electron chi connectivity index (χ3n) is 3.88. The van der Waals surface area contributed by atoms with E-state index in [0.717, 1.165) is 5.56 Å². The van der Waals surface area contributed by atoms with Crippen molar-refractivity contribution in [1.29, 1.82) is 0 Å². The number of hydrogen-bond acceptors (Lipinski definition) is 2. The predicted molar refractivity (Wildman–Crippen MR) is 97.7 cm³/mol. The second kappa shape index (κ2) is 8.43. The lowest BCUT2D eigenvalue weighted by Crippen LogP contribution is -2.87. The standard InChI is InChI=1S/C20H20N2OS/c23-19(21-14-16-8-3-1-4-9-16)15-22-20(18-12-7-13-24-18)17-10-5-2-6-11-17/h1-13,20,22H,14-15H2,(H,21,23)/p+1/t20-/m1/s1. The molecule has 3 rings (SSSR count). The summed E-state index contributed by atoms with van der Waals surface area (Å²) in [5.74, 6) is 0.0522. The largest absolute Gasteiger partial charge is 0.347 e. The minimum atomic E-state index is 0.0522. The molecule has 0 unspecified atom stereocenters. The molecule has 0 bridgehead atoms. The lowest BCUT2D eigenvalue weighted by atomic mass is 10.1. The number of nitrogens with one attached hydrogen (secondary N) is 1. The number of hydrogen-bond donors (Lipinski definition) is 2. The number of thiophene rings is 1. The summed E-state index contributed by atoms with van der Waals surface area (Å²) in [6.45, 7) is 0.979. The van der Waals surface area contributed by atoms with Crippen LogP contribution < -0.4 is 10.6 Å². The van der Waals surface area contributed by atoms with Crippen LogP contribution in [-0.4, -0.2) is 12.5 Å².